The monoisotopic (exact) mass is 196 g/mol. The summed E-state index contributed by atoms with van der Waals surface area (Å²) in [6.07, 6.45) is -0.691. The first kappa shape index (κ1) is 8.80. The zero-order valence-corrected chi connectivity index (χ0v) is 7.00. The van der Waals surface area contributed by atoms with Crippen LogP contribution in [-0.2, 0) is 0 Å². The van der Waals surface area contributed by atoms with Gasteiger partial charge < -0.3 is 4.98 Å². The van der Waals surface area contributed by atoms with Crippen LogP contribution in [-0.4, -0.2) is 16.3 Å². The molecule has 0 aliphatic heterocycles. The Morgan fingerprint density at radius 2 is 2.21 bits per heavy atom. The van der Waals surface area contributed by atoms with Crippen molar-refractivity contribution in [1.29, 1.82) is 0 Å². The van der Waals surface area contributed by atoms with Crippen molar-refractivity contribution in [2.75, 3.05) is 0 Å². The molecule has 14 heavy (non-hydrogen) atoms. The van der Waals surface area contributed by atoms with Crippen LogP contribution in [0.3, 0.4) is 0 Å². The van der Waals surface area contributed by atoms with E-state index in [1.807, 2.05) is 0 Å². The molecule has 0 aliphatic rings. The molecular formula is C9H6F2N2O. The van der Waals surface area contributed by atoms with Gasteiger partial charge in [0.05, 0.1) is 17.4 Å². The molecule has 0 saturated heterocycles. The predicted octanol–water partition coefficient (Wildman–Crippen LogP) is 2.31. The van der Waals surface area contributed by atoms with Crippen LogP contribution in [0.4, 0.5) is 8.78 Å². The van der Waals surface area contributed by atoms with Crippen molar-refractivity contribution in [1.82, 2.24) is 9.97 Å². The minimum absolute atomic E-state index is 0.177. The van der Waals surface area contributed by atoms with Crippen molar-refractivity contribution < 1.29 is 13.6 Å². The van der Waals surface area contributed by atoms with Gasteiger partial charge in [0.15, 0.2) is 6.29 Å². The molecule has 0 spiro atoms. The molecule has 0 unspecified atom stereocenters. The van der Waals surface area contributed by atoms with E-state index in [1.165, 1.54) is 12.4 Å². The van der Waals surface area contributed by atoms with Gasteiger partial charge in [0, 0.05) is 11.1 Å². The molecule has 0 atom stereocenters. The van der Waals surface area contributed by atoms with E-state index >= 15 is 0 Å². The van der Waals surface area contributed by atoms with Gasteiger partial charge in [0.2, 0.25) is 0 Å². The fraction of sp³-hybridized carbons (Fsp3) is 0.111. The van der Waals surface area contributed by atoms with Crippen LogP contribution < -0.4 is 0 Å². The van der Waals surface area contributed by atoms with Crippen molar-refractivity contribution in [2.45, 2.75) is 6.43 Å². The molecule has 1 heterocycles. The predicted molar refractivity (Wildman–Crippen MR) is 46.4 cm³/mol. The van der Waals surface area contributed by atoms with Crippen molar-refractivity contribution in [3.8, 4) is 0 Å². The maximum absolute atomic E-state index is 12.4. The van der Waals surface area contributed by atoms with Crippen molar-refractivity contribution in [2.24, 2.45) is 0 Å². The molecule has 5 heteroatoms. The number of aromatic amines is 1. The third-order valence-corrected chi connectivity index (χ3v) is 1.95. The Morgan fingerprint density at radius 3 is 2.86 bits per heavy atom. The molecule has 0 amide bonds. The van der Waals surface area contributed by atoms with E-state index in [0.717, 1.165) is 6.07 Å². The topological polar surface area (TPSA) is 45.8 Å². The molecule has 0 fully saturated rings. The Labute approximate surface area is 77.8 Å². The first-order valence-corrected chi connectivity index (χ1v) is 3.92. The molecular weight excluding hydrogens is 190 g/mol. The van der Waals surface area contributed by atoms with Crippen molar-refractivity contribution in [3.05, 3.63) is 29.6 Å². The second-order valence-corrected chi connectivity index (χ2v) is 2.83. The number of nitrogens with zero attached hydrogens (tertiary/aromatic N) is 1. The lowest BCUT2D eigenvalue weighted by Crippen LogP contribution is -1.89. The van der Waals surface area contributed by atoms with Crippen molar-refractivity contribution in [3.63, 3.8) is 0 Å². The van der Waals surface area contributed by atoms with E-state index in [4.69, 9.17) is 0 Å². The molecule has 2 aromatic rings. The van der Waals surface area contributed by atoms with Gasteiger partial charge in [-0.15, -0.1) is 0 Å². The number of carbonyl (C=O) groups excluding carboxylic acids is 1. The fourth-order valence-electron chi connectivity index (χ4n) is 1.32. The summed E-state index contributed by atoms with van der Waals surface area (Å²) in [5, 5.41) is 0. The standard InChI is InChI=1S/C9H6F2N2O/c10-9(11)5-1-6(3-14)8-7(2-5)12-4-13-8/h1-4,9H,(H,12,13). The summed E-state index contributed by atoms with van der Waals surface area (Å²) in [6.45, 7) is 0. The molecule has 0 aliphatic carbocycles. The van der Waals surface area contributed by atoms with Crippen LogP contribution >= 0.6 is 0 Å². The van der Waals surface area contributed by atoms with Gasteiger partial charge in [-0.1, -0.05) is 0 Å². The lowest BCUT2D eigenvalue weighted by molar-refractivity contribution is 0.112. The third-order valence-electron chi connectivity index (χ3n) is 1.95. The van der Waals surface area contributed by atoms with Gasteiger partial charge in [0.25, 0.3) is 6.43 Å². The van der Waals surface area contributed by atoms with E-state index in [0.29, 0.717) is 17.3 Å². The van der Waals surface area contributed by atoms with Gasteiger partial charge in [-0.3, -0.25) is 4.79 Å². The van der Waals surface area contributed by atoms with E-state index < -0.39 is 6.43 Å². The maximum Gasteiger partial charge on any atom is 0.263 e. The van der Waals surface area contributed by atoms with Crippen LogP contribution in [0.25, 0.3) is 11.0 Å². The van der Waals surface area contributed by atoms with Crippen LogP contribution in [0.1, 0.15) is 22.3 Å². The van der Waals surface area contributed by atoms with Crippen LogP contribution in [0.15, 0.2) is 18.5 Å². The molecule has 0 radical (unpaired) electrons. The summed E-state index contributed by atoms with van der Waals surface area (Å²) in [5.41, 5.74) is 0.872. The Kier molecular flexibility index (Phi) is 1.99. The minimum atomic E-state index is -2.58. The molecule has 0 bridgehead atoms. The van der Waals surface area contributed by atoms with Gasteiger partial charge in [-0.05, 0) is 12.1 Å². The normalized spacial score (nSPS) is 11.1. The maximum atomic E-state index is 12.4. The molecule has 3 nitrogen and oxygen atoms in total. The molecule has 1 N–H and O–H groups in total. The number of benzene rings is 1. The number of fused-ring (bicyclic) bond motifs is 1. The number of aromatic nitrogens is 2. The summed E-state index contributed by atoms with van der Waals surface area (Å²) >= 11 is 0. The molecule has 0 saturated carbocycles. The largest absolute Gasteiger partial charge is 0.345 e. The van der Waals surface area contributed by atoms with Crippen molar-refractivity contribution >= 4 is 17.3 Å². The highest BCUT2D eigenvalue weighted by Gasteiger charge is 2.12. The van der Waals surface area contributed by atoms with Crippen LogP contribution in [0.5, 0.6) is 0 Å². The van der Waals surface area contributed by atoms with Crippen LogP contribution in [0, 0.1) is 0 Å². The number of hydrogen-bond acceptors (Lipinski definition) is 2. The van der Waals surface area contributed by atoms with Gasteiger partial charge in [-0.25, -0.2) is 13.8 Å². The average molecular weight is 196 g/mol. The number of alkyl halides is 2. The van der Waals surface area contributed by atoms with Gasteiger partial charge in [0.1, 0.15) is 0 Å². The average Bonchev–Trinajstić information content (AvgIpc) is 2.63. The number of H-pyrrole nitrogens is 1. The van der Waals surface area contributed by atoms with Gasteiger partial charge in [-0.2, -0.15) is 0 Å². The zero-order valence-electron chi connectivity index (χ0n) is 7.00. The third kappa shape index (κ3) is 1.26. The Hall–Kier alpha value is -1.78. The van der Waals surface area contributed by atoms with E-state index in [2.05, 4.69) is 9.97 Å². The van der Waals surface area contributed by atoms with E-state index in [9.17, 15) is 13.6 Å². The summed E-state index contributed by atoms with van der Waals surface area (Å²) in [4.78, 5) is 17.1. The molecule has 1 aromatic heterocycles. The minimum Gasteiger partial charge on any atom is -0.345 e. The number of halogens is 2. The highest BCUT2D eigenvalue weighted by molar-refractivity contribution is 5.94. The highest BCUT2D eigenvalue weighted by Crippen LogP contribution is 2.24. The lowest BCUT2D eigenvalue weighted by Gasteiger charge is -2.00. The quantitative estimate of drug-likeness (QED) is 0.749. The first-order valence-electron chi connectivity index (χ1n) is 3.92. The number of rotatable bonds is 2. The number of nitrogens with one attached hydrogen (secondary N) is 1. The summed E-state index contributed by atoms with van der Waals surface area (Å²) < 4.78 is 24.7. The number of carbonyl (C=O) groups is 1. The summed E-state index contributed by atoms with van der Waals surface area (Å²) in [6, 6.07) is 2.45. The summed E-state index contributed by atoms with van der Waals surface area (Å²) in [7, 11) is 0. The zero-order chi connectivity index (χ0) is 10.1. The SMILES string of the molecule is O=Cc1cc(C(F)F)cc2[nH]cnc12. The summed E-state index contributed by atoms with van der Waals surface area (Å²) in [5.74, 6) is 0. The number of aldehydes is 1. The molecule has 1 aromatic carbocycles. The van der Waals surface area contributed by atoms with E-state index in [1.54, 1.807) is 0 Å². The van der Waals surface area contributed by atoms with Gasteiger partial charge >= 0.3 is 0 Å². The van der Waals surface area contributed by atoms with E-state index in [-0.39, 0.29) is 11.1 Å². The fourth-order valence-corrected chi connectivity index (χ4v) is 1.32. The Bertz CT molecular complexity index is 479. The highest BCUT2D eigenvalue weighted by atomic mass is 19.3. The second kappa shape index (κ2) is 3.17. The number of hydrogen-bond donors (Lipinski definition) is 1. The molecule has 2 rings (SSSR count). The first-order chi connectivity index (χ1) is 6.72. The smallest absolute Gasteiger partial charge is 0.263 e. The van der Waals surface area contributed by atoms with Crippen LogP contribution in [0.2, 0.25) is 0 Å². The lowest BCUT2D eigenvalue weighted by atomic mass is 10.1. The second-order valence-electron chi connectivity index (χ2n) is 2.83. The Balaban J connectivity index is 2.73. The molecule has 72 valence electrons. The Morgan fingerprint density at radius 1 is 1.43 bits per heavy atom. The number of imidazole rings is 1.